The molecule has 0 spiro atoms. The molecular weight excluding hydrogens is 242 g/mol. The van der Waals surface area contributed by atoms with Crippen LogP contribution in [0.5, 0.6) is 0 Å². The zero-order valence-electron chi connectivity index (χ0n) is 10.8. The molecule has 0 radical (unpaired) electrons. The van der Waals surface area contributed by atoms with Gasteiger partial charge in [-0.25, -0.2) is 0 Å². The van der Waals surface area contributed by atoms with E-state index in [2.05, 4.69) is 4.98 Å². The van der Waals surface area contributed by atoms with Crippen molar-refractivity contribution in [2.75, 3.05) is 0 Å². The fourth-order valence-corrected chi connectivity index (χ4v) is 2.00. The molecule has 1 heterocycles. The van der Waals surface area contributed by atoms with Crippen molar-refractivity contribution in [1.82, 2.24) is 4.98 Å². The number of hydrogen-bond acceptors (Lipinski definition) is 4. The predicted molar refractivity (Wildman–Crippen MR) is 72.8 cm³/mol. The van der Waals surface area contributed by atoms with Gasteiger partial charge in [0, 0.05) is 24.0 Å². The van der Waals surface area contributed by atoms with Gasteiger partial charge in [0.15, 0.2) is 0 Å². The van der Waals surface area contributed by atoms with E-state index in [1.807, 2.05) is 25.1 Å². The minimum Gasteiger partial charge on any atom is -0.320 e. The van der Waals surface area contributed by atoms with E-state index in [-0.39, 0.29) is 16.7 Å². The molecule has 0 saturated carbocycles. The van der Waals surface area contributed by atoms with Gasteiger partial charge >= 0.3 is 0 Å². The first-order valence-electron chi connectivity index (χ1n) is 5.91. The maximum absolute atomic E-state index is 11.0. The van der Waals surface area contributed by atoms with Crippen LogP contribution in [-0.2, 0) is 0 Å². The average Bonchev–Trinajstić information content (AvgIpc) is 2.41. The maximum atomic E-state index is 11.0. The molecule has 0 aliphatic carbocycles. The summed E-state index contributed by atoms with van der Waals surface area (Å²) in [7, 11) is 0. The molecule has 2 aromatic rings. The number of nitro benzene ring substituents is 1. The topological polar surface area (TPSA) is 82.0 Å². The van der Waals surface area contributed by atoms with Crippen molar-refractivity contribution in [3.05, 3.63) is 69.0 Å². The van der Waals surface area contributed by atoms with Gasteiger partial charge in [-0.2, -0.15) is 0 Å². The van der Waals surface area contributed by atoms with Crippen LogP contribution in [0.2, 0.25) is 0 Å². The standard InChI is InChI=1S/C14H15N3O2/c1-9-7-12(8-13(10(9)2)17(18)19)14(15)11-3-5-16-6-4-11/h3-8,14H,15H2,1-2H3. The molecule has 0 saturated heterocycles. The molecule has 0 amide bonds. The van der Waals surface area contributed by atoms with E-state index < -0.39 is 0 Å². The molecule has 0 fully saturated rings. The summed E-state index contributed by atoms with van der Waals surface area (Å²) in [5.74, 6) is 0. The molecule has 1 aromatic carbocycles. The monoisotopic (exact) mass is 257 g/mol. The quantitative estimate of drug-likeness (QED) is 0.677. The third kappa shape index (κ3) is 2.61. The zero-order chi connectivity index (χ0) is 14.0. The number of benzene rings is 1. The summed E-state index contributed by atoms with van der Waals surface area (Å²) in [6, 6.07) is 6.68. The van der Waals surface area contributed by atoms with Crippen LogP contribution in [0.4, 0.5) is 5.69 Å². The second-order valence-corrected chi connectivity index (χ2v) is 4.50. The normalized spacial score (nSPS) is 12.2. The van der Waals surface area contributed by atoms with E-state index in [0.29, 0.717) is 5.56 Å². The smallest absolute Gasteiger partial charge is 0.272 e. The molecular formula is C14H15N3O2. The van der Waals surface area contributed by atoms with Crippen molar-refractivity contribution < 1.29 is 4.92 Å². The van der Waals surface area contributed by atoms with Crippen LogP contribution >= 0.6 is 0 Å². The molecule has 5 nitrogen and oxygen atoms in total. The third-order valence-electron chi connectivity index (χ3n) is 3.28. The lowest BCUT2D eigenvalue weighted by Crippen LogP contribution is -2.13. The summed E-state index contributed by atoms with van der Waals surface area (Å²) in [5.41, 5.74) is 9.43. The largest absolute Gasteiger partial charge is 0.320 e. The third-order valence-corrected chi connectivity index (χ3v) is 3.28. The van der Waals surface area contributed by atoms with Crippen molar-refractivity contribution in [3.8, 4) is 0 Å². The minimum absolute atomic E-state index is 0.111. The molecule has 5 heteroatoms. The highest BCUT2D eigenvalue weighted by Gasteiger charge is 2.18. The van der Waals surface area contributed by atoms with Crippen molar-refractivity contribution >= 4 is 5.69 Å². The van der Waals surface area contributed by atoms with Crippen LogP contribution in [0.3, 0.4) is 0 Å². The van der Waals surface area contributed by atoms with Crippen molar-refractivity contribution in [3.63, 3.8) is 0 Å². The van der Waals surface area contributed by atoms with Crippen LogP contribution in [0.1, 0.15) is 28.3 Å². The van der Waals surface area contributed by atoms with Gasteiger partial charge in [-0.05, 0) is 42.7 Å². The van der Waals surface area contributed by atoms with Crippen molar-refractivity contribution in [1.29, 1.82) is 0 Å². The summed E-state index contributed by atoms with van der Waals surface area (Å²) in [6.07, 6.45) is 3.31. The lowest BCUT2D eigenvalue weighted by molar-refractivity contribution is -0.385. The fourth-order valence-electron chi connectivity index (χ4n) is 2.00. The number of nitrogens with zero attached hydrogens (tertiary/aromatic N) is 2. The second-order valence-electron chi connectivity index (χ2n) is 4.50. The maximum Gasteiger partial charge on any atom is 0.272 e. The number of rotatable bonds is 3. The number of pyridine rings is 1. The Morgan fingerprint density at radius 1 is 1.21 bits per heavy atom. The van der Waals surface area contributed by atoms with Gasteiger partial charge in [0.2, 0.25) is 0 Å². The molecule has 98 valence electrons. The van der Waals surface area contributed by atoms with Gasteiger partial charge in [0.1, 0.15) is 0 Å². The Kier molecular flexibility index (Phi) is 3.57. The molecule has 1 unspecified atom stereocenters. The van der Waals surface area contributed by atoms with E-state index >= 15 is 0 Å². The molecule has 1 atom stereocenters. The Bertz CT molecular complexity index is 612. The number of aromatic nitrogens is 1. The Morgan fingerprint density at radius 2 is 1.84 bits per heavy atom. The van der Waals surface area contributed by atoms with Crippen molar-refractivity contribution in [2.45, 2.75) is 19.9 Å². The minimum atomic E-state index is -0.388. The molecule has 0 aliphatic rings. The zero-order valence-corrected chi connectivity index (χ0v) is 10.8. The summed E-state index contributed by atoms with van der Waals surface area (Å²) in [6.45, 7) is 3.60. The van der Waals surface area contributed by atoms with E-state index in [4.69, 9.17) is 5.73 Å². The van der Waals surface area contributed by atoms with Crippen molar-refractivity contribution in [2.24, 2.45) is 5.73 Å². The highest BCUT2D eigenvalue weighted by Crippen LogP contribution is 2.28. The van der Waals surface area contributed by atoms with Crippen LogP contribution in [-0.4, -0.2) is 9.91 Å². The summed E-state index contributed by atoms with van der Waals surface area (Å²) in [5, 5.41) is 11.0. The van der Waals surface area contributed by atoms with Gasteiger partial charge in [-0.15, -0.1) is 0 Å². The van der Waals surface area contributed by atoms with Crippen LogP contribution < -0.4 is 5.73 Å². The van der Waals surface area contributed by atoms with Gasteiger partial charge < -0.3 is 5.73 Å². The Balaban J connectivity index is 2.49. The lowest BCUT2D eigenvalue weighted by atomic mass is 9.96. The van der Waals surface area contributed by atoms with E-state index in [9.17, 15) is 10.1 Å². The first-order chi connectivity index (χ1) is 9.00. The number of nitrogens with two attached hydrogens (primary N) is 1. The number of nitro groups is 1. The van der Waals surface area contributed by atoms with E-state index in [0.717, 1.165) is 16.7 Å². The lowest BCUT2D eigenvalue weighted by Gasteiger charge is -2.14. The SMILES string of the molecule is Cc1cc(C(N)c2ccncc2)cc([N+](=O)[O-])c1C. The Hall–Kier alpha value is -2.27. The molecule has 0 aliphatic heterocycles. The Morgan fingerprint density at radius 3 is 2.42 bits per heavy atom. The number of aryl methyl sites for hydroxylation is 1. The average molecular weight is 257 g/mol. The van der Waals surface area contributed by atoms with Crippen LogP contribution in [0, 0.1) is 24.0 Å². The van der Waals surface area contributed by atoms with E-state index in [1.54, 1.807) is 25.4 Å². The Labute approximate surface area is 111 Å². The summed E-state index contributed by atoms with van der Waals surface area (Å²) < 4.78 is 0. The van der Waals surface area contributed by atoms with Gasteiger partial charge in [-0.1, -0.05) is 6.07 Å². The molecule has 2 N–H and O–H groups in total. The molecule has 2 rings (SSSR count). The molecule has 0 bridgehead atoms. The van der Waals surface area contributed by atoms with Gasteiger partial charge in [0.05, 0.1) is 11.0 Å². The first kappa shape index (κ1) is 13.2. The molecule has 19 heavy (non-hydrogen) atoms. The highest BCUT2D eigenvalue weighted by atomic mass is 16.6. The number of hydrogen-bond donors (Lipinski definition) is 1. The summed E-state index contributed by atoms with van der Waals surface area (Å²) >= 11 is 0. The van der Waals surface area contributed by atoms with Crippen LogP contribution in [0.15, 0.2) is 36.7 Å². The predicted octanol–water partition coefficient (Wildman–Crippen LogP) is 2.65. The highest BCUT2D eigenvalue weighted by molar-refractivity contribution is 5.49. The van der Waals surface area contributed by atoms with Gasteiger partial charge in [0.25, 0.3) is 5.69 Å². The first-order valence-corrected chi connectivity index (χ1v) is 5.91. The fraction of sp³-hybridized carbons (Fsp3) is 0.214. The van der Waals surface area contributed by atoms with Crippen LogP contribution in [0.25, 0.3) is 0 Å². The second kappa shape index (κ2) is 5.16. The van der Waals surface area contributed by atoms with E-state index in [1.165, 1.54) is 0 Å². The molecule has 1 aromatic heterocycles. The van der Waals surface area contributed by atoms with Gasteiger partial charge in [-0.3, -0.25) is 15.1 Å². The summed E-state index contributed by atoms with van der Waals surface area (Å²) in [4.78, 5) is 14.6.